The Balaban J connectivity index is 1.33. The van der Waals surface area contributed by atoms with Crippen LogP contribution in [0.3, 0.4) is 0 Å². The van der Waals surface area contributed by atoms with Crippen LogP contribution in [0.5, 0.6) is 5.75 Å². The maximum Gasteiger partial charge on any atom is 0.307 e. The van der Waals surface area contributed by atoms with E-state index in [1.165, 1.54) is 10.4 Å². The lowest BCUT2D eigenvalue weighted by molar-refractivity contribution is -0.143. The van der Waals surface area contributed by atoms with Gasteiger partial charge in [0.2, 0.25) is 5.82 Å². The maximum absolute atomic E-state index is 11.7. The lowest BCUT2D eigenvalue weighted by atomic mass is 9.93. The Morgan fingerprint density at radius 1 is 1.02 bits per heavy atom. The molecule has 0 saturated carbocycles. The number of benzene rings is 3. The Morgan fingerprint density at radius 3 is 2.55 bits per heavy atom. The smallest absolute Gasteiger partial charge is 0.307 e. The largest absolute Gasteiger partial charge is 0.508 e. The lowest BCUT2D eigenvalue weighted by Crippen LogP contribution is -2.52. The number of tetrazole rings is 1. The second-order valence-corrected chi connectivity index (χ2v) is 10.2. The predicted molar refractivity (Wildman–Crippen MR) is 152 cm³/mol. The first-order chi connectivity index (χ1) is 19.5. The van der Waals surface area contributed by atoms with Crippen LogP contribution in [0.15, 0.2) is 78.9 Å². The molecule has 1 aromatic heterocycles. The molecule has 0 aliphatic carbocycles. The first-order valence-electron chi connectivity index (χ1n) is 13.8. The number of aromatic hydroxyl groups is 1. The average Bonchev–Trinajstić information content (AvgIpc) is 3.44. The van der Waals surface area contributed by atoms with Gasteiger partial charge in [-0.15, -0.1) is 10.2 Å². The predicted octanol–water partition coefficient (Wildman–Crippen LogP) is 4.29. The molecule has 40 heavy (non-hydrogen) atoms. The molecule has 208 valence electrons. The summed E-state index contributed by atoms with van der Waals surface area (Å²) in [6.45, 7) is 8.51. The van der Waals surface area contributed by atoms with Gasteiger partial charge in [-0.25, -0.2) is 0 Å². The van der Waals surface area contributed by atoms with Crippen molar-refractivity contribution in [3.63, 3.8) is 0 Å². The summed E-state index contributed by atoms with van der Waals surface area (Å²) in [4.78, 5) is 18.1. The molecule has 0 spiro atoms. The van der Waals surface area contributed by atoms with E-state index < -0.39 is 0 Å². The molecule has 0 bridgehead atoms. The number of carbonyl (C=O) groups excluding carboxylic acids is 1. The molecule has 0 amide bonds. The Kier molecular flexibility index (Phi) is 8.83. The second-order valence-electron chi connectivity index (χ2n) is 10.2. The minimum atomic E-state index is -0.279. The van der Waals surface area contributed by atoms with Gasteiger partial charge in [0.05, 0.1) is 25.6 Å². The molecule has 9 heteroatoms. The number of phenolic OH excluding ortho intramolecular Hbond substituents is 1. The van der Waals surface area contributed by atoms with Gasteiger partial charge < -0.3 is 9.84 Å². The molecule has 2 atom stereocenters. The summed E-state index contributed by atoms with van der Waals surface area (Å²) in [7, 11) is 0. The van der Waals surface area contributed by atoms with Crippen molar-refractivity contribution >= 4 is 5.97 Å². The van der Waals surface area contributed by atoms with E-state index in [-0.39, 0.29) is 24.2 Å². The third-order valence-electron chi connectivity index (χ3n) is 7.29. The first kappa shape index (κ1) is 27.5. The van der Waals surface area contributed by atoms with Gasteiger partial charge in [0.25, 0.3) is 0 Å². The molecule has 1 aliphatic rings. The molecule has 4 aromatic rings. The van der Waals surface area contributed by atoms with Crippen molar-refractivity contribution in [3.8, 4) is 17.1 Å². The van der Waals surface area contributed by atoms with Gasteiger partial charge in [0.1, 0.15) is 5.75 Å². The van der Waals surface area contributed by atoms with Crippen LogP contribution in [0.2, 0.25) is 0 Å². The highest BCUT2D eigenvalue weighted by atomic mass is 16.5. The molecule has 0 unspecified atom stereocenters. The van der Waals surface area contributed by atoms with Gasteiger partial charge in [-0.05, 0) is 47.9 Å². The van der Waals surface area contributed by atoms with Crippen molar-refractivity contribution in [1.29, 1.82) is 0 Å². The number of hydrogen-bond acceptors (Lipinski definition) is 8. The van der Waals surface area contributed by atoms with Crippen molar-refractivity contribution in [2.45, 2.75) is 45.4 Å². The summed E-state index contributed by atoms with van der Waals surface area (Å²) in [6, 6.07) is 26.7. The Hall–Kier alpha value is -4.08. The van der Waals surface area contributed by atoms with Crippen LogP contribution in [0, 0.1) is 0 Å². The molecule has 0 radical (unpaired) electrons. The Labute approximate surface area is 235 Å². The van der Waals surface area contributed by atoms with Crippen LogP contribution < -0.4 is 0 Å². The van der Waals surface area contributed by atoms with Crippen LogP contribution in [0.4, 0.5) is 0 Å². The molecular formula is C31H36N6O3. The molecular weight excluding hydrogens is 504 g/mol. The Morgan fingerprint density at radius 2 is 1.82 bits per heavy atom. The molecule has 2 heterocycles. The lowest BCUT2D eigenvalue weighted by Gasteiger charge is -2.44. The van der Waals surface area contributed by atoms with Crippen LogP contribution in [0.1, 0.15) is 43.0 Å². The minimum Gasteiger partial charge on any atom is -0.508 e. The standard InChI is InChI=1S/C31H36N6O3/c1-3-40-29(39)16-17-37-33-31(32-34-37)26-14-12-25(13-15-26)30(27-10-7-11-28(38)20-27)36-19-18-35(21-23(36)2)22-24-8-5-4-6-9-24/h4-15,20,23,30,38H,3,16-19,21-22H2,1-2H3/t23-,30+/m0/s1. The zero-order valence-electron chi connectivity index (χ0n) is 23.1. The van der Waals surface area contributed by atoms with Crippen molar-refractivity contribution in [2.24, 2.45) is 0 Å². The van der Waals surface area contributed by atoms with Crippen LogP contribution >= 0.6 is 0 Å². The number of nitrogens with zero attached hydrogens (tertiary/aromatic N) is 6. The summed E-state index contributed by atoms with van der Waals surface area (Å²) in [5, 5.41) is 23.0. The quantitative estimate of drug-likeness (QED) is 0.298. The fourth-order valence-electron chi connectivity index (χ4n) is 5.38. The Bertz CT molecular complexity index is 1390. The minimum absolute atomic E-state index is 0.0109. The summed E-state index contributed by atoms with van der Waals surface area (Å²) in [5.74, 6) is 0.490. The normalized spacial score (nSPS) is 17.0. The van der Waals surface area contributed by atoms with E-state index in [1.54, 1.807) is 13.0 Å². The van der Waals surface area contributed by atoms with Gasteiger partial charge in [-0.3, -0.25) is 14.6 Å². The average molecular weight is 541 g/mol. The van der Waals surface area contributed by atoms with Crippen molar-refractivity contribution < 1.29 is 14.6 Å². The van der Waals surface area contributed by atoms with E-state index in [0.29, 0.717) is 25.0 Å². The number of phenols is 1. The van der Waals surface area contributed by atoms with Gasteiger partial charge in [-0.1, -0.05) is 66.7 Å². The molecule has 1 N–H and O–H groups in total. The van der Waals surface area contributed by atoms with Crippen LogP contribution in [0.25, 0.3) is 11.4 Å². The third-order valence-corrected chi connectivity index (χ3v) is 7.29. The fraction of sp³-hybridized carbons (Fsp3) is 0.355. The number of aryl methyl sites for hydroxylation is 1. The summed E-state index contributed by atoms with van der Waals surface area (Å²) in [6.07, 6.45) is 0.199. The second kappa shape index (κ2) is 12.8. The summed E-state index contributed by atoms with van der Waals surface area (Å²) in [5.41, 5.74) is 4.36. The molecule has 1 saturated heterocycles. The fourth-order valence-corrected chi connectivity index (χ4v) is 5.38. The van der Waals surface area contributed by atoms with E-state index >= 15 is 0 Å². The first-order valence-corrected chi connectivity index (χ1v) is 13.8. The van der Waals surface area contributed by atoms with E-state index in [4.69, 9.17) is 4.74 Å². The molecule has 3 aromatic carbocycles. The highest BCUT2D eigenvalue weighted by Gasteiger charge is 2.31. The monoisotopic (exact) mass is 540 g/mol. The molecule has 1 fully saturated rings. The maximum atomic E-state index is 11.7. The highest BCUT2D eigenvalue weighted by molar-refractivity contribution is 5.69. The van der Waals surface area contributed by atoms with Crippen LogP contribution in [-0.2, 0) is 22.6 Å². The summed E-state index contributed by atoms with van der Waals surface area (Å²) >= 11 is 0. The number of piperazine rings is 1. The zero-order chi connectivity index (χ0) is 27.9. The van der Waals surface area contributed by atoms with Crippen molar-refractivity contribution in [2.75, 3.05) is 26.2 Å². The number of carbonyl (C=O) groups is 1. The molecule has 9 nitrogen and oxygen atoms in total. The van der Waals surface area contributed by atoms with Gasteiger partial charge in [0, 0.05) is 37.8 Å². The van der Waals surface area contributed by atoms with Gasteiger partial charge in [-0.2, -0.15) is 4.80 Å². The number of rotatable bonds is 10. The SMILES string of the molecule is CCOC(=O)CCn1nnc(-c2ccc([C@H](c3cccc(O)c3)N3CCN(Cc4ccccc4)C[C@@H]3C)cc2)n1. The number of aromatic nitrogens is 4. The van der Waals surface area contributed by atoms with E-state index in [1.807, 2.05) is 24.3 Å². The van der Waals surface area contributed by atoms with E-state index in [9.17, 15) is 9.90 Å². The zero-order valence-corrected chi connectivity index (χ0v) is 23.1. The van der Waals surface area contributed by atoms with Crippen molar-refractivity contribution in [3.05, 3.63) is 95.6 Å². The number of hydrogen-bond donors (Lipinski definition) is 1. The molecule has 5 rings (SSSR count). The summed E-state index contributed by atoms with van der Waals surface area (Å²) < 4.78 is 4.97. The van der Waals surface area contributed by atoms with E-state index in [0.717, 1.165) is 42.9 Å². The number of esters is 1. The van der Waals surface area contributed by atoms with Gasteiger partial charge >= 0.3 is 5.97 Å². The number of ether oxygens (including phenoxy) is 1. The van der Waals surface area contributed by atoms with E-state index in [2.05, 4.69) is 80.7 Å². The topological polar surface area (TPSA) is 96.6 Å². The third kappa shape index (κ3) is 6.73. The van der Waals surface area contributed by atoms with Crippen molar-refractivity contribution in [1.82, 2.24) is 30.0 Å². The highest BCUT2D eigenvalue weighted by Crippen LogP contribution is 2.34. The molecule has 1 aliphatic heterocycles. The van der Waals surface area contributed by atoms with Gasteiger partial charge in [0.15, 0.2) is 0 Å². The van der Waals surface area contributed by atoms with Crippen LogP contribution in [-0.4, -0.2) is 73.4 Å².